The third kappa shape index (κ3) is 10.3. The number of nitrogens with zero attached hydrogens (tertiary/aromatic N) is 2. The number of unbranched alkanes of at least 4 members (excludes halogenated alkanes) is 1. The quantitative estimate of drug-likeness (QED) is 0.0884. The van der Waals surface area contributed by atoms with Gasteiger partial charge in [0.25, 0.3) is 5.89 Å². The second-order valence-corrected chi connectivity index (χ2v) is 10.4. The van der Waals surface area contributed by atoms with Gasteiger partial charge in [-0.05, 0) is 87.1 Å². The van der Waals surface area contributed by atoms with Gasteiger partial charge in [-0.2, -0.15) is 4.98 Å². The summed E-state index contributed by atoms with van der Waals surface area (Å²) in [7, 11) is 1.62. The fraction of sp³-hybridized carbons (Fsp3) is 0.333. The maximum atomic E-state index is 12.1. The van der Waals surface area contributed by atoms with Gasteiger partial charge in [0.05, 0.1) is 25.9 Å². The van der Waals surface area contributed by atoms with Crippen molar-refractivity contribution in [3.05, 3.63) is 101 Å². The van der Waals surface area contributed by atoms with Crippen LogP contribution in [0.4, 0.5) is 0 Å². The third-order valence-corrected chi connectivity index (χ3v) is 7.10. The maximum Gasteiger partial charge on any atom is 0.338 e. The van der Waals surface area contributed by atoms with Crippen LogP contribution < -0.4 is 9.47 Å². The highest BCUT2D eigenvalue weighted by Crippen LogP contribution is 2.25. The van der Waals surface area contributed by atoms with E-state index in [-0.39, 0.29) is 24.5 Å². The van der Waals surface area contributed by atoms with E-state index in [9.17, 15) is 9.59 Å². The molecule has 0 saturated heterocycles. The van der Waals surface area contributed by atoms with Crippen LogP contribution in [0.15, 0.2) is 83.4 Å². The van der Waals surface area contributed by atoms with Gasteiger partial charge in [-0.3, -0.25) is 4.79 Å². The molecule has 1 aromatic heterocycles. The van der Waals surface area contributed by atoms with Crippen LogP contribution >= 0.6 is 0 Å². The fourth-order valence-corrected chi connectivity index (χ4v) is 4.76. The Balaban J connectivity index is 1.42. The van der Waals surface area contributed by atoms with Crippen LogP contribution in [0.25, 0.3) is 17.5 Å². The lowest BCUT2D eigenvalue weighted by atomic mass is 9.92. The highest BCUT2D eigenvalue weighted by atomic mass is 16.5. The molecule has 4 aromatic rings. The number of allylic oxidation sites excluding steroid dienone is 1. The van der Waals surface area contributed by atoms with Crippen LogP contribution in [0.2, 0.25) is 0 Å². The number of ether oxygens (including phenoxy) is 4. The molecule has 0 aliphatic heterocycles. The third-order valence-electron chi connectivity index (χ3n) is 7.10. The van der Waals surface area contributed by atoms with Gasteiger partial charge in [0.15, 0.2) is 6.61 Å². The van der Waals surface area contributed by atoms with Gasteiger partial charge in [-0.15, -0.1) is 0 Å². The van der Waals surface area contributed by atoms with E-state index >= 15 is 0 Å². The molecule has 9 heteroatoms. The summed E-state index contributed by atoms with van der Waals surface area (Å²) < 4.78 is 26.9. The molecule has 9 nitrogen and oxygen atoms in total. The van der Waals surface area contributed by atoms with E-state index in [0.717, 1.165) is 48.1 Å². The molecule has 0 N–H and O–H groups in total. The van der Waals surface area contributed by atoms with Gasteiger partial charge < -0.3 is 23.5 Å². The van der Waals surface area contributed by atoms with Crippen LogP contribution in [0, 0.1) is 5.92 Å². The molecule has 3 aromatic carbocycles. The number of benzene rings is 3. The van der Waals surface area contributed by atoms with Crippen molar-refractivity contribution >= 4 is 18.0 Å². The highest BCUT2D eigenvalue weighted by molar-refractivity contribution is 5.89. The second-order valence-electron chi connectivity index (χ2n) is 10.4. The monoisotopic (exact) mass is 612 g/mol. The van der Waals surface area contributed by atoms with Gasteiger partial charge in [-0.25, -0.2) is 4.79 Å². The number of esters is 2. The van der Waals surface area contributed by atoms with E-state index in [1.807, 2.05) is 67.6 Å². The van der Waals surface area contributed by atoms with Crippen molar-refractivity contribution in [2.45, 2.75) is 52.6 Å². The van der Waals surface area contributed by atoms with Gasteiger partial charge in [0, 0.05) is 17.5 Å². The molecule has 0 radical (unpaired) electrons. The minimum atomic E-state index is -0.325. The number of para-hydroxylation sites is 1. The number of hydrogen-bond acceptors (Lipinski definition) is 9. The summed E-state index contributed by atoms with van der Waals surface area (Å²) >= 11 is 0. The fourth-order valence-electron chi connectivity index (χ4n) is 4.76. The molecular weight excluding hydrogens is 572 g/mol. The molecule has 0 aliphatic carbocycles. The molecular formula is C36H40N2O7. The summed E-state index contributed by atoms with van der Waals surface area (Å²) in [6.45, 7) is 4.48. The zero-order valence-electron chi connectivity index (χ0n) is 26.1. The predicted octanol–water partition coefficient (Wildman–Crippen LogP) is 7.50. The van der Waals surface area contributed by atoms with E-state index in [1.54, 1.807) is 26.2 Å². The minimum absolute atomic E-state index is 0.147. The van der Waals surface area contributed by atoms with Crippen molar-refractivity contribution in [2.75, 3.05) is 20.3 Å². The van der Waals surface area contributed by atoms with E-state index in [4.69, 9.17) is 23.5 Å². The molecule has 0 amide bonds. The Hall–Kier alpha value is -4.92. The Labute approximate surface area is 264 Å². The van der Waals surface area contributed by atoms with Gasteiger partial charge in [0.1, 0.15) is 11.5 Å². The number of carbonyl (C=O) groups is 2. The Morgan fingerprint density at radius 1 is 0.911 bits per heavy atom. The number of carbonyl (C=O) groups excluding carboxylic acids is 2. The molecule has 0 bridgehead atoms. The number of hydrogen-bond donors (Lipinski definition) is 0. The van der Waals surface area contributed by atoms with Crippen molar-refractivity contribution in [2.24, 2.45) is 5.92 Å². The first-order chi connectivity index (χ1) is 22.0. The predicted molar refractivity (Wildman–Crippen MR) is 171 cm³/mol. The molecule has 0 spiro atoms. The number of rotatable bonds is 17. The highest BCUT2D eigenvalue weighted by Gasteiger charge is 2.13. The summed E-state index contributed by atoms with van der Waals surface area (Å²) in [5.74, 6) is 1.99. The van der Waals surface area contributed by atoms with Crippen molar-refractivity contribution in [3.8, 4) is 23.0 Å². The minimum Gasteiger partial charge on any atom is -0.497 e. The molecule has 236 valence electrons. The Morgan fingerprint density at radius 3 is 2.40 bits per heavy atom. The van der Waals surface area contributed by atoms with Crippen molar-refractivity contribution in [3.63, 3.8) is 0 Å². The summed E-state index contributed by atoms with van der Waals surface area (Å²) in [6.07, 6.45) is 7.95. The molecule has 1 atom stereocenters. The Morgan fingerprint density at radius 2 is 1.67 bits per heavy atom. The summed E-state index contributed by atoms with van der Waals surface area (Å²) in [5, 5.41) is 4.07. The lowest BCUT2D eigenvalue weighted by molar-refractivity contribution is -0.143. The molecule has 0 aliphatic rings. The molecule has 1 heterocycles. The SMILES string of the molecule is CCOC(=O)CCCCC(C=Cc1ccccc1OCc1noc(-c2ccc(OC)cc2)n1)Cc1ccc(C(=O)OCC)cc1. The standard InChI is InChI=1S/C36H40N2O7/c1-4-42-34(39)13-9-6-10-26(24-27-15-18-30(19-16-27)36(40)43-5-2)14-17-28-11-7-8-12-32(28)44-25-33-37-35(45-38-33)29-20-22-31(41-3)23-21-29/h7-8,11-12,14-23,26H,4-6,9-10,13,24-25H2,1-3H3. The van der Waals surface area contributed by atoms with Crippen LogP contribution in [-0.4, -0.2) is 42.4 Å². The van der Waals surface area contributed by atoms with Crippen LogP contribution in [0.1, 0.15) is 66.8 Å². The largest absolute Gasteiger partial charge is 0.497 e. The lowest BCUT2D eigenvalue weighted by Crippen LogP contribution is -2.06. The molecule has 0 fully saturated rings. The van der Waals surface area contributed by atoms with E-state index < -0.39 is 0 Å². The number of methoxy groups -OCH3 is 1. The molecule has 4 rings (SSSR count). The second kappa shape index (κ2) is 17.4. The first-order valence-corrected chi connectivity index (χ1v) is 15.3. The maximum absolute atomic E-state index is 12.1. The normalized spacial score (nSPS) is 11.7. The summed E-state index contributed by atoms with van der Waals surface area (Å²) in [4.78, 5) is 28.4. The van der Waals surface area contributed by atoms with Crippen molar-refractivity contribution in [1.82, 2.24) is 10.1 Å². The zero-order chi connectivity index (χ0) is 31.9. The van der Waals surface area contributed by atoms with Crippen LogP contribution in [0.5, 0.6) is 11.5 Å². The van der Waals surface area contributed by atoms with Gasteiger partial charge in [0.2, 0.25) is 5.82 Å². The Bertz CT molecular complexity index is 1530. The Kier molecular flexibility index (Phi) is 12.7. The van der Waals surface area contributed by atoms with Crippen LogP contribution in [-0.2, 0) is 27.3 Å². The van der Waals surface area contributed by atoms with Crippen molar-refractivity contribution in [1.29, 1.82) is 0 Å². The molecule has 1 unspecified atom stereocenters. The first-order valence-electron chi connectivity index (χ1n) is 15.3. The average molecular weight is 613 g/mol. The molecule has 45 heavy (non-hydrogen) atoms. The van der Waals surface area contributed by atoms with E-state index in [0.29, 0.717) is 42.7 Å². The smallest absolute Gasteiger partial charge is 0.338 e. The van der Waals surface area contributed by atoms with Crippen molar-refractivity contribution < 1.29 is 33.1 Å². The topological polar surface area (TPSA) is 110 Å². The first kappa shape index (κ1) is 33.0. The lowest BCUT2D eigenvalue weighted by Gasteiger charge is -2.14. The van der Waals surface area contributed by atoms with Gasteiger partial charge >= 0.3 is 11.9 Å². The van der Waals surface area contributed by atoms with Crippen LogP contribution in [0.3, 0.4) is 0 Å². The average Bonchev–Trinajstić information content (AvgIpc) is 3.54. The van der Waals surface area contributed by atoms with Gasteiger partial charge in [-0.1, -0.05) is 54.1 Å². The zero-order valence-corrected chi connectivity index (χ0v) is 26.1. The van der Waals surface area contributed by atoms with E-state index in [2.05, 4.69) is 22.3 Å². The molecule has 0 saturated carbocycles. The summed E-state index contributed by atoms with van der Waals surface area (Å²) in [5.41, 5.74) is 3.36. The number of aromatic nitrogens is 2. The van der Waals surface area contributed by atoms with E-state index in [1.165, 1.54) is 0 Å². The summed E-state index contributed by atoms with van der Waals surface area (Å²) in [6, 6.07) is 22.7.